The van der Waals surface area contributed by atoms with Crippen LogP contribution in [0.1, 0.15) is 40.0 Å². The number of alkyl carbamates (subject to hydrolysis) is 1. The van der Waals surface area contributed by atoms with E-state index < -0.39 is 23.8 Å². The third-order valence-electron chi connectivity index (χ3n) is 3.31. The van der Waals surface area contributed by atoms with Crippen LogP contribution >= 0.6 is 0 Å². The van der Waals surface area contributed by atoms with Gasteiger partial charge in [0.05, 0.1) is 12.6 Å². The van der Waals surface area contributed by atoms with E-state index in [2.05, 4.69) is 5.32 Å². The Kier molecular flexibility index (Phi) is 7.74. The van der Waals surface area contributed by atoms with Gasteiger partial charge in [-0.05, 0) is 40.0 Å². The number of carbonyl (C=O) groups excluding carboxylic acids is 1. The first kappa shape index (κ1) is 19.7. The first-order chi connectivity index (χ1) is 10.7. The van der Waals surface area contributed by atoms with Crippen molar-refractivity contribution in [1.29, 1.82) is 0 Å². The van der Waals surface area contributed by atoms with Crippen LogP contribution in [0.3, 0.4) is 0 Å². The van der Waals surface area contributed by atoms with E-state index in [1.807, 2.05) is 20.8 Å². The Balaban J connectivity index is 0.000000277. The third-order valence-corrected chi connectivity index (χ3v) is 3.31. The SMILES string of the molecule is CC(C)(C)OC(=O)N[C@@H]1CCOC[C@H]1N.O=C(O)C1CCCO1. The van der Waals surface area contributed by atoms with E-state index in [0.29, 0.717) is 26.2 Å². The highest BCUT2D eigenvalue weighted by molar-refractivity contribution is 5.72. The predicted molar refractivity (Wildman–Crippen MR) is 83.2 cm³/mol. The summed E-state index contributed by atoms with van der Waals surface area (Å²) in [6.07, 6.45) is 1.37. The lowest BCUT2D eigenvalue weighted by atomic mass is 10.1. The van der Waals surface area contributed by atoms with Crippen LogP contribution in [0.15, 0.2) is 0 Å². The van der Waals surface area contributed by atoms with E-state index in [9.17, 15) is 9.59 Å². The number of amides is 1. The van der Waals surface area contributed by atoms with E-state index >= 15 is 0 Å². The molecule has 2 saturated heterocycles. The smallest absolute Gasteiger partial charge is 0.407 e. The number of hydrogen-bond acceptors (Lipinski definition) is 6. The molecule has 0 aliphatic carbocycles. The molecule has 0 spiro atoms. The molecule has 1 amide bonds. The summed E-state index contributed by atoms with van der Waals surface area (Å²) in [6, 6.07) is -0.195. The summed E-state index contributed by atoms with van der Waals surface area (Å²) in [6.45, 7) is 7.22. The van der Waals surface area contributed by atoms with Crippen LogP contribution in [0, 0.1) is 0 Å². The Hall–Kier alpha value is -1.38. The Bertz CT molecular complexity index is 390. The highest BCUT2D eigenvalue weighted by Crippen LogP contribution is 2.11. The lowest BCUT2D eigenvalue weighted by molar-refractivity contribution is -0.147. The van der Waals surface area contributed by atoms with Crippen molar-refractivity contribution in [3.8, 4) is 0 Å². The van der Waals surface area contributed by atoms with E-state index in [1.165, 1.54) is 0 Å². The maximum Gasteiger partial charge on any atom is 0.407 e. The number of hydrogen-bond donors (Lipinski definition) is 3. The first-order valence-corrected chi connectivity index (χ1v) is 7.86. The van der Waals surface area contributed by atoms with Gasteiger partial charge in [0.25, 0.3) is 0 Å². The normalized spacial score (nSPS) is 27.6. The molecule has 0 radical (unpaired) electrons. The quantitative estimate of drug-likeness (QED) is 0.686. The number of carboxylic acid groups (broad SMARTS) is 1. The van der Waals surface area contributed by atoms with E-state index in [0.717, 1.165) is 12.8 Å². The van der Waals surface area contributed by atoms with Crippen LogP contribution in [-0.2, 0) is 19.0 Å². The van der Waals surface area contributed by atoms with Crippen molar-refractivity contribution in [3.05, 3.63) is 0 Å². The topological polar surface area (TPSA) is 120 Å². The number of aliphatic carboxylic acids is 1. The van der Waals surface area contributed by atoms with Crippen molar-refractivity contribution in [1.82, 2.24) is 5.32 Å². The van der Waals surface area contributed by atoms with Crippen molar-refractivity contribution in [2.75, 3.05) is 19.8 Å². The molecule has 0 aromatic carbocycles. The second-order valence-electron chi connectivity index (χ2n) is 6.62. The van der Waals surface area contributed by atoms with Crippen molar-refractivity contribution in [3.63, 3.8) is 0 Å². The summed E-state index contributed by atoms with van der Waals surface area (Å²) in [5.74, 6) is -0.831. The van der Waals surface area contributed by atoms with Crippen LogP contribution in [0.2, 0.25) is 0 Å². The molecule has 0 bridgehead atoms. The maximum atomic E-state index is 11.4. The molecule has 0 aromatic heterocycles. The van der Waals surface area contributed by atoms with Gasteiger partial charge in [-0.3, -0.25) is 0 Å². The van der Waals surface area contributed by atoms with Crippen LogP contribution in [0.25, 0.3) is 0 Å². The standard InChI is InChI=1S/C10H20N2O3.C5H8O3/c1-10(2,3)15-9(13)12-8-4-5-14-6-7(8)11;6-5(7)4-2-1-3-8-4/h7-8H,4-6,11H2,1-3H3,(H,12,13);4H,1-3H2,(H,6,7)/t7-,8-;/m1./s1. The fourth-order valence-electron chi connectivity index (χ4n) is 2.17. The number of carbonyl (C=O) groups is 2. The molecular weight excluding hydrogens is 304 g/mol. The van der Waals surface area contributed by atoms with Gasteiger partial charge in [-0.1, -0.05) is 0 Å². The van der Waals surface area contributed by atoms with Crippen LogP contribution in [0.4, 0.5) is 4.79 Å². The molecular formula is C15H28N2O6. The van der Waals surface area contributed by atoms with Gasteiger partial charge in [0.2, 0.25) is 0 Å². The van der Waals surface area contributed by atoms with Gasteiger partial charge in [0.1, 0.15) is 5.60 Å². The van der Waals surface area contributed by atoms with Crippen molar-refractivity contribution < 1.29 is 28.9 Å². The van der Waals surface area contributed by atoms with Gasteiger partial charge in [-0.25, -0.2) is 9.59 Å². The van der Waals surface area contributed by atoms with Gasteiger partial charge in [-0.15, -0.1) is 0 Å². The summed E-state index contributed by atoms with van der Waals surface area (Å²) in [7, 11) is 0. The molecule has 23 heavy (non-hydrogen) atoms. The molecule has 0 aromatic rings. The molecule has 8 heteroatoms. The Morgan fingerprint density at radius 1 is 1.26 bits per heavy atom. The average Bonchev–Trinajstić information content (AvgIpc) is 2.94. The lowest BCUT2D eigenvalue weighted by Gasteiger charge is -2.30. The minimum absolute atomic E-state index is 0.0476. The zero-order valence-corrected chi connectivity index (χ0v) is 14.0. The highest BCUT2D eigenvalue weighted by atomic mass is 16.6. The van der Waals surface area contributed by atoms with Crippen LogP contribution in [0.5, 0.6) is 0 Å². The van der Waals surface area contributed by atoms with Gasteiger partial charge in [0.15, 0.2) is 6.10 Å². The molecule has 1 unspecified atom stereocenters. The van der Waals surface area contributed by atoms with Crippen LogP contribution in [-0.4, -0.2) is 60.8 Å². The average molecular weight is 332 g/mol. The lowest BCUT2D eigenvalue weighted by Crippen LogP contribution is -2.53. The van der Waals surface area contributed by atoms with Gasteiger partial charge < -0.3 is 30.4 Å². The molecule has 2 fully saturated rings. The van der Waals surface area contributed by atoms with Crippen molar-refractivity contribution in [2.45, 2.75) is 63.8 Å². The minimum Gasteiger partial charge on any atom is -0.479 e. The molecule has 2 aliphatic heterocycles. The molecule has 3 atom stereocenters. The first-order valence-electron chi connectivity index (χ1n) is 7.86. The minimum atomic E-state index is -0.831. The Morgan fingerprint density at radius 3 is 2.39 bits per heavy atom. The van der Waals surface area contributed by atoms with E-state index in [-0.39, 0.29) is 12.1 Å². The van der Waals surface area contributed by atoms with Crippen molar-refractivity contribution >= 4 is 12.1 Å². The summed E-state index contributed by atoms with van der Waals surface area (Å²) in [5.41, 5.74) is 5.32. The van der Waals surface area contributed by atoms with Gasteiger partial charge >= 0.3 is 12.1 Å². The summed E-state index contributed by atoms with van der Waals surface area (Å²) in [5, 5.41) is 11.0. The van der Waals surface area contributed by atoms with Gasteiger partial charge in [-0.2, -0.15) is 0 Å². The molecule has 4 N–H and O–H groups in total. The van der Waals surface area contributed by atoms with E-state index in [1.54, 1.807) is 0 Å². The summed E-state index contributed by atoms with van der Waals surface area (Å²) < 4.78 is 15.1. The zero-order chi connectivity index (χ0) is 17.5. The fraction of sp³-hybridized carbons (Fsp3) is 0.867. The largest absolute Gasteiger partial charge is 0.479 e. The highest BCUT2D eigenvalue weighted by Gasteiger charge is 2.26. The number of carboxylic acids is 1. The zero-order valence-electron chi connectivity index (χ0n) is 14.0. The van der Waals surface area contributed by atoms with Crippen LogP contribution < -0.4 is 11.1 Å². The Labute approximate surface area is 136 Å². The van der Waals surface area contributed by atoms with E-state index in [4.69, 9.17) is 25.1 Å². The molecule has 2 rings (SSSR count). The predicted octanol–water partition coefficient (Wildman–Crippen LogP) is 0.877. The second kappa shape index (κ2) is 9.05. The number of ether oxygens (including phenoxy) is 3. The molecule has 134 valence electrons. The number of nitrogens with two attached hydrogens (primary N) is 1. The summed E-state index contributed by atoms with van der Waals surface area (Å²) >= 11 is 0. The maximum absolute atomic E-state index is 11.4. The molecule has 2 aliphatic rings. The molecule has 8 nitrogen and oxygen atoms in total. The second-order valence-corrected chi connectivity index (χ2v) is 6.62. The third kappa shape index (κ3) is 8.15. The molecule has 2 heterocycles. The monoisotopic (exact) mass is 332 g/mol. The summed E-state index contributed by atoms with van der Waals surface area (Å²) in [4.78, 5) is 21.5. The number of nitrogens with one attached hydrogen (secondary N) is 1. The van der Waals surface area contributed by atoms with Crippen molar-refractivity contribution in [2.24, 2.45) is 5.73 Å². The molecule has 0 saturated carbocycles. The number of rotatable bonds is 2. The van der Waals surface area contributed by atoms with Gasteiger partial charge in [0, 0.05) is 19.3 Å². The Morgan fingerprint density at radius 2 is 1.96 bits per heavy atom. The fourth-order valence-corrected chi connectivity index (χ4v) is 2.17.